The number of aromatic amines is 1. The Morgan fingerprint density at radius 2 is 1.75 bits per heavy atom. The van der Waals surface area contributed by atoms with E-state index in [0.717, 1.165) is 43.7 Å². The van der Waals surface area contributed by atoms with Gasteiger partial charge in [-0.15, -0.1) is 0 Å². The lowest BCUT2D eigenvalue weighted by Crippen LogP contribution is -2.42. The molecular formula is C23H34N4O. The van der Waals surface area contributed by atoms with Gasteiger partial charge >= 0.3 is 0 Å². The van der Waals surface area contributed by atoms with Crippen LogP contribution in [-0.4, -0.2) is 51.9 Å². The fraction of sp³-hybridized carbons (Fsp3) is 0.522. The normalized spacial score (nSPS) is 15.9. The summed E-state index contributed by atoms with van der Waals surface area (Å²) in [5.41, 5.74) is 3.14. The number of likely N-dealkylation sites (tertiary alicyclic amines) is 1. The van der Waals surface area contributed by atoms with Crippen LogP contribution in [0.1, 0.15) is 56.6 Å². The van der Waals surface area contributed by atoms with Gasteiger partial charge in [-0.05, 0) is 76.9 Å². The molecule has 3 rings (SSSR count). The molecule has 0 atom stereocenters. The van der Waals surface area contributed by atoms with Crippen LogP contribution in [0.2, 0.25) is 0 Å². The number of carbonyl (C=O) groups excluding carboxylic acids is 1. The van der Waals surface area contributed by atoms with Gasteiger partial charge in [0, 0.05) is 60.9 Å². The highest BCUT2D eigenvalue weighted by Gasteiger charge is 2.22. The van der Waals surface area contributed by atoms with E-state index in [4.69, 9.17) is 0 Å². The van der Waals surface area contributed by atoms with Gasteiger partial charge in [-0.2, -0.15) is 0 Å². The lowest BCUT2D eigenvalue weighted by Gasteiger charge is -2.33. The maximum absolute atomic E-state index is 12.8. The topological polar surface area (TPSA) is 51.4 Å². The van der Waals surface area contributed by atoms with Gasteiger partial charge in [-0.1, -0.05) is 0 Å². The highest BCUT2D eigenvalue weighted by Crippen LogP contribution is 2.20. The molecule has 1 amide bonds. The second kappa shape index (κ2) is 9.28. The molecule has 1 fully saturated rings. The van der Waals surface area contributed by atoms with E-state index in [1.165, 1.54) is 5.69 Å². The van der Waals surface area contributed by atoms with Crippen molar-refractivity contribution in [3.63, 3.8) is 0 Å². The van der Waals surface area contributed by atoms with Crippen molar-refractivity contribution < 1.29 is 4.79 Å². The molecule has 152 valence electrons. The van der Waals surface area contributed by atoms with E-state index >= 15 is 0 Å². The molecule has 5 heteroatoms. The minimum atomic E-state index is 0.106. The van der Waals surface area contributed by atoms with Crippen LogP contribution >= 0.6 is 0 Å². The predicted octanol–water partition coefficient (Wildman–Crippen LogP) is 4.35. The van der Waals surface area contributed by atoms with Gasteiger partial charge in [-0.25, -0.2) is 0 Å². The third-order valence-electron chi connectivity index (χ3n) is 5.49. The van der Waals surface area contributed by atoms with E-state index in [0.29, 0.717) is 6.04 Å². The van der Waals surface area contributed by atoms with Crippen molar-refractivity contribution in [3.05, 3.63) is 53.9 Å². The molecule has 1 aromatic heterocycles. The fourth-order valence-corrected chi connectivity index (χ4v) is 4.10. The van der Waals surface area contributed by atoms with Gasteiger partial charge in [0.15, 0.2) is 0 Å². The summed E-state index contributed by atoms with van der Waals surface area (Å²) in [4.78, 5) is 20.5. The largest absolute Gasteiger partial charge is 0.382 e. The van der Waals surface area contributed by atoms with E-state index in [1.807, 2.05) is 35.4 Å². The third kappa shape index (κ3) is 5.16. The molecule has 28 heavy (non-hydrogen) atoms. The lowest BCUT2D eigenvalue weighted by molar-refractivity contribution is 0.0644. The highest BCUT2D eigenvalue weighted by atomic mass is 16.2. The molecule has 0 spiro atoms. The second-order valence-corrected chi connectivity index (χ2v) is 8.37. The number of anilines is 1. The molecule has 0 bridgehead atoms. The van der Waals surface area contributed by atoms with Crippen molar-refractivity contribution in [1.29, 1.82) is 0 Å². The number of benzene rings is 1. The summed E-state index contributed by atoms with van der Waals surface area (Å²) in [6.45, 7) is 11.5. The third-order valence-corrected chi connectivity index (χ3v) is 5.49. The maximum Gasteiger partial charge on any atom is 0.254 e. The number of nitrogens with zero attached hydrogens (tertiary/aromatic N) is 2. The number of rotatable bonds is 7. The zero-order valence-corrected chi connectivity index (χ0v) is 17.6. The van der Waals surface area contributed by atoms with E-state index in [2.05, 4.69) is 55.0 Å². The van der Waals surface area contributed by atoms with Gasteiger partial charge in [-0.3, -0.25) is 9.69 Å². The monoisotopic (exact) mass is 382 g/mol. The van der Waals surface area contributed by atoms with Crippen LogP contribution in [-0.2, 0) is 6.54 Å². The molecule has 0 unspecified atom stereocenters. The molecule has 1 aliphatic rings. The Kier molecular flexibility index (Phi) is 6.79. The number of hydrogen-bond donors (Lipinski definition) is 2. The SMILES string of the molecule is CC(C)N(C(=O)c1ccc(NC2CCN(Cc3ccc[nH]3)CC2)cc1)C(C)C. The first kappa shape index (κ1) is 20.5. The molecule has 0 saturated carbocycles. The van der Waals surface area contributed by atoms with Gasteiger partial charge < -0.3 is 15.2 Å². The average molecular weight is 383 g/mol. The van der Waals surface area contributed by atoms with Crippen molar-refractivity contribution in [1.82, 2.24) is 14.8 Å². The van der Waals surface area contributed by atoms with Crippen LogP contribution in [0.15, 0.2) is 42.6 Å². The Hall–Kier alpha value is -2.27. The molecule has 0 aliphatic carbocycles. The minimum Gasteiger partial charge on any atom is -0.382 e. The summed E-state index contributed by atoms with van der Waals surface area (Å²) in [5.74, 6) is 0.106. The molecular weight excluding hydrogens is 348 g/mol. The van der Waals surface area contributed by atoms with Crippen molar-refractivity contribution in [2.45, 2.75) is 65.2 Å². The first-order valence-corrected chi connectivity index (χ1v) is 10.5. The van der Waals surface area contributed by atoms with Crippen molar-refractivity contribution in [3.8, 4) is 0 Å². The Bertz CT molecular complexity index is 720. The van der Waals surface area contributed by atoms with Crippen molar-refractivity contribution in [2.75, 3.05) is 18.4 Å². The number of amides is 1. The quantitative estimate of drug-likeness (QED) is 0.748. The van der Waals surface area contributed by atoms with E-state index in [-0.39, 0.29) is 18.0 Å². The van der Waals surface area contributed by atoms with Crippen molar-refractivity contribution >= 4 is 11.6 Å². The smallest absolute Gasteiger partial charge is 0.254 e. The Labute approximate surface area is 169 Å². The molecule has 1 aromatic carbocycles. The number of hydrogen-bond acceptors (Lipinski definition) is 3. The van der Waals surface area contributed by atoms with E-state index < -0.39 is 0 Å². The summed E-state index contributed by atoms with van der Waals surface area (Å²) >= 11 is 0. The van der Waals surface area contributed by atoms with Crippen molar-refractivity contribution in [2.24, 2.45) is 0 Å². The van der Waals surface area contributed by atoms with Crippen LogP contribution < -0.4 is 5.32 Å². The summed E-state index contributed by atoms with van der Waals surface area (Å²) in [6, 6.07) is 13.1. The summed E-state index contributed by atoms with van der Waals surface area (Å²) < 4.78 is 0. The number of nitrogens with one attached hydrogen (secondary N) is 2. The zero-order valence-electron chi connectivity index (χ0n) is 17.6. The van der Waals surface area contributed by atoms with E-state index in [9.17, 15) is 4.79 Å². The summed E-state index contributed by atoms with van der Waals surface area (Å²) in [6.07, 6.45) is 4.26. The van der Waals surface area contributed by atoms with Gasteiger partial charge in [0.25, 0.3) is 5.91 Å². The van der Waals surface area contributed by atoms with Crippen LogP contribution in [0.25, 0.3) is 0 Å². The number of carbonyl (C=O) groups is 1. The lowest BCUT2D eigenvalue weighted by atomic mass is 10.0. The average Bonchev–Trinajstić information content (AvgIpc) is 3.16. The second-order valence-electron chi connectivity index (χ2n) is 8.37. The standard InChI is InChI=1S/C23H34N4O/c1-17(2)27(18(3)4)23(28)19-7-9-20(10-8-19)25-21-11-14-26(15-12-21)16-22-6-5-13-24-22/h5-10,13,17-18,21,24-25H,11-12,14-16H2,1-4H3. The van der Waals surface area contributed by atoms with Crippen LogP contribution in [0, 0.1) is 0 Å². The Balaban J connectivity index is 1.51. The van der Waals surface area contributed by atoms with Crippen LogP contribution in [0.3, 0.4) is 0 Å². The van der Waals surface area contributed by atoms with Gasteiger partial charge in [0.05, 0.1) is 0 Å². The number of piperidine rings is 1. The van der Waals surface area contributed by atoms with Gasteiger partial charge in [0.2, 0.25) is 0 Å². The summed E-state index contributed by atoms with van der Waals surface area (Å²) in [5, 5.41) is 3.64. The maximum atomic E-state index is 12.8. The predicted molar refractivity (Wildman–Crippen MR) is 116 cm³/mol. The molecule has 2 aromatic rings. The number of aromatic nitrogens is 1. The van der Waals surface area contributed by atoms with E-state index in [1.54, 1.807) is 0 Å². The molecule has 2 heterocycles. The zero-order chi connectivity index (χ0) is 20.1. The highest BCUT2D eigenvalue weighted by molar-refractivity contribution is 5.95. The minimum absolute atomic E-state index is 0.106. The Morgan fingerprint density at radius 1 is 1.11 bits per heavy atom. The van der Waals surface area contributed by atoms with Gasteiger partial charge in [0.1, 0.15) is 0 Å². The Morgan fingerprint density at radius 3 is 2.29 bits per heavy atom. The molecule has 0 radical (unpaired) electrons. The molecule has 2 N–H and O–H groups in total. The first-order valence-electron chi connectivity index (χ1n) is 10.5. The molecule has 1 saturated heterocycles. The first-order chi connectivity index (χ1) is 13.4. The van der Waals surface area contributed by atoms with Crippen LogP contribution in [0.5, 0.6) is 0 Å². The fourth-order valence-electron chi connectivity index (χ4n) is 4.10. The van der Waals surface area contributed by atoms with Crippen LogP contribution in [0.4, 0.5) is 5.69 Å². The summed E-state index contributed by atoms with van der Waals surface area (Å²) in [7, 11) is 0. The number of H-pyrrole nitrogens is 1. The molecule has 1 aliphatic heterocycles. The molecule has 5 nitrogen and oxygen atoms in total.